The van der Waals surface area contributed by atoms with Gasteiger partial charge in [0.25, 0.3) is 0 Å². The molecule has 0 aliphatic carbocycles. The van der Waals surface area contributed by atoms with Gasteiger partial charge in [0.1, 0.15) is 5.75 Å². The van der Waals surface area contributed by atoms with Crippen LogP contribution in [0, 0.1) is 0 Å². The summed E-state index contributed by atoms with van der Waals surface area (Å²) in [6.45, 7) is 1.82. The van der Waals surface area contributed by atoms with Crippen molar-refractivity contribution in [3.63, 3.8) is 0 Å². The highest BCUT2D eigenvalue weighted by molar-refractivity contribution is 9.10. The Hall–Kier alpha value is -1.36. The molecule has 0 unspecified atom stereocenters. The van der Waals surface area contributed by atoms with Crippen molar-refractivity contribution in [3.8, 4) is 5.75 Å². The zero-order valence-electron chi connectivity index (χ0n) is 8.73. The van der Waals surface area contributed by atoms with Crippen LogP contribution in [-0.4, -0.2) is 25.5 Å². The highest BCUT2D eigenvalue weighted by atomic mass is 79.9. The monoisotopic (exact) mass is 286 g/mol. The Morgan fingerprint density at radius 1 is 1.50 bits per heavy atom. The number of esters is 1. The van der Waals surface area contributed by atoms with Crippen LogP contribution < -0.4 is 4.74 Å². The van der Waals surface area contributed by atoms with Crippen LogP contribution in [0.5, 0.6) is 5.75 Å². The molecule has 1 rings (SSSR count). The number of hydrogen-bond donors (Lipinski definition) is 0. The second-order valence-corrected chi connectivity index (χ2v) is 3.72. The first kappa shape index (κ1) is 12.7. The topological polar surface area (TPSA) is 52.6 Å². The molecule has 1 aromatic rings. The molecule has 0 aliphatic heterocycles. The van der Waals surface area contributed by atoms with Crippen molar-refractivity contribution in [2.24, 2.45) is 0 Å². The quantitative estimate of drug-likeness (QED) is 0.615. The third-order valence-electron chi connectivity index (χ3n) is 1.78. The minimum absolute atomic E-state index is 0.203. The summed E-state index contributed by atoms with van der Waals surface area (Å²) in [4.78, 5) is 21.8. The Labute approximate surface area is 102 Å². The van der Waals surface area contributed by atoms with Crippen LogP contribution in [0.1, 0.15) is 17.3 Å². The molecule has 0 fully saturated rings. The molecule has 0 spiro atoms. The SMILES string of the molecule is CCOC(=O)COc1cccc(Br)c1C=O. The van der Waals surface area contributed by atoms with E-state index in [4.69, 9.17) is 9.47 Å². The van der Waals surface area contributed by atoms with Gasteiger partial charge in [0, 0.05) is 4.47 Å². The number of benzene rings is 1. The molecule has 0 amide bonds. The number of carbonyl (C=O) groups excluding carboxylic acids is 2. The van der Waals surface area contributed by atoms with Gasteiger partial charge in [0.2, 0.25) is 0 Å². The third kappa shape index (κ3) is 3.34. The molecule has 0 heterocycles. The minimum Gasteiger partial charge on any atom is -0.481 e. The van der Waals surface area contributed by atoms with E-state index in [-0.39, 0.29) is 6.61 Å². The summed E-state index contributed by atoms with van der Waals surface area (Å²) in [5.41, 5.74) is 0.381. The predicted octanol–water partition coefficient (Wildman–Crippen LogP) is 2.20. The summed E-state index contributed by atoms with van der Waals surface area (Å²) < 4.78 is 10.5. The van der Waals surface area contributed by atoms with Gasteiger partial charge in [-0.15, -0.1) is 0 Å². The summed E-state index contributed by atoms with van der Waals surface area (Å²) in [5, 5.41) is 0. The lowest BCUT2D eigenvalue weighted by Gasteiger charge is -2.08. The van der Waals surface area contributed by atoms with Gasteiger partial charge in [-0.05, 0) is 35.0 Å². The molecule has 5 heteroatoms. The van der Waals surface area contributed by atoms with Crippen LogP contribution in [0.3, 0.4) is 0 Å². The second-order valence-electron chi connectivity index (χ2n) is 2.86. The standard InChI is InChI=1S/C11H11BrO4/c1-2-15-11(14)7-16-10-5-3-4-9(12)8(10)6-13/h3-6H,2,7H2,1H3. The molecular formula is C11H11BrO4. The zero-order valence-corrected chi connectivity index (χ0v) is 10.3. The Balaban J connectivity index is 2.70. The van der Waals surface area contributed by atoms with E-state index in [1.807, 2.05) is 0 Å². The van der Waals surface area contributed by atoms with Gasteiger partial charge in [0.05, 0.1) is 12.2 Å². The van der Waals surface area contributed by atoms with E-state index in [0.717, 1.165) is 0 Å². The van der Waals surface area contributed by atoms with Crippen molar-refractivity contribution in [3.05, 3.63) is 28.2 Å². The van der Waals surface area contributed by atoms with Crippen molar-refractivity contribution in [2.45, 2.75) is 6.92 Å². The normalized spacial score (nSPS) is 9.62. The first-order chi connectivity index (χ1) is 7.69. The van der Waals surface area contributed by atoms with Gasteiger partial charge in [-0.1, -0.05) is 6.07 Å². The molecule has 0 saturated carbocycles. The number of hydrogen-bond acceptors (Lipinski definition) is 4. The maximum absolute atomic E-state index is 11.1. The molecule has 1 aromatic carbocycles. The average molecular weight is 287 g/mol. The van der Waals surface area contributed by atoms with E-state index >= 15 is 0 Å². The third-order valence-corrected chi connectivity index (χ3v) is 2.47. The van der Waals surface area contributed by atoms with E-state index in [1.54, 1.807) is 25.1 Å². The Kier molecular flexibility index (Phi) is 4.98. The van der Waals surface area contributed by atoms with Crippen LogP contribution in [0.15, 0.2) is 22.7 Å². The van der Waals surface area contributed by atoms with Crippen molar-refractivity contribution < 1.29 is 19.1 Å². The van der Waals surface area contributed by atoms with Crippen molar-refractivity contribution in [1.82, 2.24) is 0 Å². The molecule has 0 aromatic heterocycles. The van der Waals surface area contributed by atoms with E-state index in [1.165, 1.54) is 0 Å². The van der Waals surface area contributed by atoms with Crippen molar-refractivity contribution >= 4 is 28.2 Å². The lowest BCUT2D eigenvalue weighted by atomic mass is 10.2. The van der Waals surface area contributed by atoms with E-state index in [9.17, 15) is 9.59 Å². The predicted molar refractivity (Wildman–Crippen MR) is 61.7 cm³/mol. The lowest BCUT2D eigenvalue weighted by molar-refractivity contribution is -0.145. The number of aldehydes is 1. The van der Waals surface area contributed by atoms with Gasteiger partial charge in [-0.2, -0.15) is 0 Å². The van der Waals surface area contributed by atoms with Crippen LogP contribution in [0.4, 0.5) is 0 Å². The number of ether oxygens (including phenoxy) is 2. The number of halogens is 1. The highest BCUT2D eigenvalue weighted by Crippen LogP contribution is 2.24. The Morgan fingerprint density at radius 3 is 2.88 bits per heavy atom. The highest BCUT2D eigenvalue weighted by Gasteiger charge is 2.09. The Morgan fingerprint density at radius 2 is 2.25 bits per heavy atom. The maximum Gasteiger partial charge on any atom is 0.344 e. The smallest absolute Gasteiger partial charge is 0.344 e. The molecule has 0 bridgehead atoms. The molecule has 16 heavy (non-hydrogen) atoms. The lowest BCUT2D eigenvalue weighted by Crippen LogP contribution is -2.15. The fraction of sp³-hybridized carbons (Fsp3) is 0.273. The minimum atomic E-state index is -0.459. The molecular weight excluding hydrogens is 276 g/mol. The average Bonchev–Trinajstić information content (AvgIpc) is 2.27. The molecule has 0 radical (unpaired) electrons. The molecule has 4 nitrogen and oxygen atoms in total. The molecule has 86 valence electrons. The molecule has 0 saturated heterocycles. The van der Waals surface area contributed by atoms with Gasteiger partial charge < -0.3 is 9.47 Å². The first-order valence-electron chi connectivity index (χ1n) is 4.71. The zero-order chi connectivity index (χ0) is 12.0. The second kappa shape index (κ2) is 6.27. The summed E-state index contributed by atoms with van der Waals surface area (Å²) in [6.07, 6.45) is 0.671. The molecule has 0 aliphatic rings. The molecule has 0 atom stereocenters. The summed E-state index contributed by atoms with van der Waals surface area (Å²) >= 11 is 3.22. The van der Waals surface area contributed by atoms with Gasteiger partial charge in [-0.3, -0.25) is 4.79 Å². The fourth-order valence-electron chi connectivity index (χ4n) is 1.10. The van der Waals surface area contributed by atoms with E-state index in [2.05, 4.69) is 15.9 Å². The fourth-order valence-corrected chi connectivity index (χ4v) is 1.54. The number of rotatable bonds is 5. The van der Waals surface area contributed by atoms with Gasteiger partial charge in [-0.25, -0.2) is 4.79 Å². The van der Waals surface area contributed by atoms with E-state index < -0.39 is 5.97 Å². The van der Waals surface area contributed by atoms with Gasteiger partial charge in [0.15, 0.2) is 12.9 Å². The van der Waals surface area contributed by atoms with Crippen molar-refractivity contribution in [2.75, 3.05) is 13.2 Å². The summed E-state index contributed by atoms with van der Waals surface area (Å²) in [6, 6.07) is 5.06. The first-order valence-corrected chi connectivity index (χ1v) is 5.50. The van der Waals surface area contributed by atoms with Gasteiger partial charge >= 0.3 is 5.97 Å². The van der Waals surface area contributed by atoms with Crippen LogP contribution >= 0.6 is 15.9 Å². The Bertz CT molecular complexity index is 390. The van der Waals surface area contributed by atoms with E-state index in [0.29, 0.717) is 28.7 Å². The van der Waals surface area contributed by atoms with Crippen LogP contribution in [0.2, 0.25) is 0 Å². The number of carbonyl (C=O) groups is 2. The van der Waals surface area contributed by atoms with Crippen LogP contribution in [-0.2, 0) is 9.53 Å². The summed E-state index contributed by atoms with van der Waals surface area (Å²) in [7, 11) is 0. The van der Waals surface area contributed by atoms with Crippen molar-refractivity contribution in [1.29, 1.82) is 0 Å². The largest absolute Gasteiger partial charge is 0.481 e. The summed E-state index contributed by atoms with van der Waals surface area (Å²) in [5.74, 6) is -0.100. The maximum atomic E-state index is 11.1. The molecule has 0 N–H and O–H groups in total. The van der Waals surface area contributed by atoms with Crippen LogP contribution in [0.25, 0.3) is 0 Å².